The first-order valence-electron chi connectivity index (χ1n) is 14.0. The molecule has 0 atom stereocenters. The normalized spacial score (nSPS) is 12.2. The predicted octanol–water partition coefficient (Wildman–Crippen LogP) is 6.08. The second-order valence-electron chi connectivity index (χ2n) is 10.4. The summed E-state index contributed by atoms with van der Waals surface area (Å²) >= 11 is 0. The number of hydrogen-bond donors (Lipinski definition) is 0. The molecule has 0 saturated carbocycles. The van der Waals surface area contributed by atoms with Crippen molar-refractivity contribution in [2.75, 3.05) is 25.6 Å². The van der Waals surface area contributed by atoms with E-state index in [2.05, 4.69) is 4.98 Å². The molecule has 0 N–H and O–H groups in total. The zero-order chi connectivity index (χ0) is 29.1. The van der Waals surface area contributed by atoms with Gasteiger partial charge in [0.2, 0.25) is 0 Å². The van der Waals surface area contributed by atoms with Crippen LogP contribution in [0.5, 0.6) is 5.75 Å². The molecular weight excluding hydrogens is 524 g/mol. The maximum absolute atomic E-state index is 14.0. The number of fused-ring (bicyclic) bond motifs is 2. The Bertz CT molecular complexity index is 1730. The highest BCUT2D eigenvalue weighted by Gasteiger charge is 2.28. The maximum atomic E-state index is 14.0. The Labute approximate surface area is 245 Å². The van der Waals surface area contributed by atoms with Crippen LogP contribution in [-0.2, 0) is 19.5 Å². The summed E-state index contributed by atoms with van der Waals surface area (Å²) in [6.07, 6.45) is 2.45. The molecule has 210 valence electrons. The van der Waals surface area contributed by atoms with Gasteiger partial charge >= 0.3 is 0 Å². The molecule has 1 aliphatic rings. The summed E-state index contributed by atoms with van der Waals surface area (Å²) in [5.74, 6) is 0.636. The number of para-hydroxylation sites is 2. The summed E-state index contributed by atoms with van der Waals surface area (Å²) in [5.41, 5.74) is 6.84. The summed E-state index contributed by atoms with van der Waals surface area (Å²) in [5, 5.41) is 0. The first kappa shape index (κ1) is 27.0. The number of rotatable bonds is 7. The van der Waals surface area contributed by atoms with Crippen LogP contribution in [0.4, 0.5) is 5.69 Å². The molecule has 0 aliphatic carbocycles. The molecule has 5 aromatic rings. The van der Waals surface area contributed by atoms with Crippen LogP contribution in [-0.4, -0.2) is 47.0 Å². The van der Waals surface area contributed by atoms with Crippen LogP contribution in [0, 0.1) is 0 Å². The van der Waals surface area contributed by atoms with E-state index in [4.69, 9.17) is 4.74 Å². The highest BCUT2D eigenvalue weighted by molar-refractivity contribution is 6.07. The summed E-state index contributed by atoms with van der Waals surface area (Å²) < 4.78 is 7.56. The molecule has 0 radical (unpaired) electrons. The van der Waals surface area contributed by atoms with Gasteiger partial charge in [0.15, 0.2) is 0 Å². The molecule has 0 saturated heterocycles. The van der Waals surface area contributed by atoms with Crippen molar-refractivity contribution in [1.82, 2.24) is 14.5 Å². The average molecular weight is 557 g/mol. The van der Waals surface area contributed by atoms with Gasteiger partial charge < -0.3 is 19.1 Å². The van der Waals surface area contributed by atoms with E-state index in [9.17, 15) is 9.59 Å². The largest absolute Gasteiger partial charge is 0.496 e. The number of pyridine rings is 1. The molecule has 2 amide bonds. The molecule has 0 spiro atoms. The van der Waals surface area contributed by atoms with Crippen LogP contribution in [0.15, 0.2) is 109 Å². The third-order valence-electron chi connectivity index (χ3n) is 7.79. The lowest BCUT2D eigenvalue weighted by Gasteiger charge is -2.23. The molecule has 3 aromatic carbocycles. The topological polar surface area (TPSA) is 67.7 Å². The van der Waals surface area contributed by atoms with E-state index in [0.29, 0.717) is 37.3 Å². The number of methoxy groups -OCH3 is 1. The Morgan fingerprint density at radius 1 is 0.857 bits per heavy atom. The Balaban J connectivity index is 1.26. The van der Waals surface area contributed by atoms with Crippen LogP contribution in [0.25, 0.3) is 11.1 Å². The molecular formula is C35H32N4O3. The van der Waals surface area contributed by atoms with Crippen LogP contribution >= 0.6 is 0 Å². The molecule has 0 fully saturated rings. The second-order valence-corrected chi connectivity index (χ2v) is 10.4. The van der Waals surface area contributed by atoms with Crippen molar-refractivity contribution in [3.8, 4) is 16.9 Å². The van der Waals surface area contributed by atoms with E-state index in [0.717, 1.165) is 39.5 Å². The number of nitrogens with zero attached hydrogens (tertiary/aromatic N) is 4. The predicted molar refractivity (Wildman–Crippen MR) is 164 cm³/mol. The lowest BCUT2D eigenvalue weighted by Crippen LogP contribution is -2.31. The first-order chi connectivity index (χ1) is 20.5. The Hall–Kier alpha value is -5.17. The molecule has 7 nitrogen and oxygen atoms in total. The van der Waals surface area contributed by atoms with Crippen molar-refractivity contribution in [3.05, 3.63) is 138 Å². The number of ether oxygens (including phenoxy) is 1. The van der Waals surface area contributed by atoms with Gasteiger partial charge in [0.05, 0.1) is 20.2 Å². The van der Waals surface area contributed by atoms with E-state index in [1.54, 1.807) is 18.2 Å². The van der Waals surface area contributed by atoms with Crippen molar-refractivity contribution in [3.63, 3.8) is 0 Å². The fraction of sp³-hybridized carbons (Fsp3) is 0.171. The monoisotopic (exact) mass is 556 g/mol. The van der Waals surface area contributed by atoms with Crippen LogP contribution < -0.4 is 9.64 Å². The molecule has 7 heteroatoms. The van der Waals surface area contributed by atoms with E-state index >= 15 is 0 Å². The number of hydrogen-bond acceptors (Lipinski definition) is 4. The van der Waals surface area contributed by atoms with Crippen LogP contribution in [0.1, 0.15) is 37.8 Å². The van der Waals surface area contributed by atoms with Crippen molar-refractivity contribution in [1.29, 1.82) is 0 Å². The van der Waals surface area contributed by atoms with Gasteiger partial charge in [0.25, 0.3) is 11.8 Å². The zero-order valence-corrected chi connectivity index (χ0v) is 23.7. The number of likely N-dealkylation sites (N-methyl/N-ethyl adjacent to an activating group) is 1. The summed E-state index contributed by atoms with van der Waals surface area (Å²) in [4.78, 5) is 35.4. The third kappa shape index (κ3) is 5.29. The van der Waals surface area contributed by atoms with E-state index in [-0.39, 0.29) is 11.8 Å². The molecule has 42 heavy (non-hydrogen) atoms. The standard InChI is InChI=1S/C35H32N4O3/c1-37(22-20-28-10-7-8-21-36-28)35(41)32-19-18-29-24-39(31-12-5-3-9-27(31)23-38(29)32)34(40)26-16-14-25(15-17-26)30-11-4-6-13-33(30)42-2/h3-19,21H,20,22-24H2,1-2H3. The van der Waals surface area contributed by atoms with Gasteiger partial charge in [-0.2, -0.15) is 0 Å². The average Bonchev–Trinajstić information content (AvgIpc) is 3.36. The van der Waals surface area contributed by atoms with Crippen LogP contribution in [0.2, 0.25) is 0 Å². The molecule has 0 unspecified atom stereocenters. The highest BCUT2D eigenvalue weighted by atomic mass is 16.5. The summed E-state index contributed by atoms with van der Waals surface area (Å²) in [7, 11) is 3.48. The molecule has 3 heterocycles. The number of anilines is 1. The minimum absolute atomic E-state index is 0.0543. The third-order valence-corrected chi connectivity index (χ3v) is 7.79. The fourth-order valence-electron chi connectivity index (χ4n) is 5.48. The summed E-state index contributed by atoms with van der Waals surface area (Å²) in [6, 6.07) is 33.0. The van der Waals surface area contributed by atoms with Gasteiger partial charge in [-0.1, -0.05) is 54.6 Å². The summed E-state index contributed by atoms with van der Waals surface area (Å²) in [6.45, 7) is 1.42. The Kier molecular flexibility index (Phi) is 7.56. The van der Waals surface area contributed by atoms with Crippen molar-refractivity contribution >= 4 is 17.5 Å². The van der Waals surface area contributed by atoms with Gasteiger partial charge in [-0.15, -0.1) is 0 Å². The number of benzene rings is 3. The minimum Gasteiger partial charge on any atom is -0.496 e. The van der Waals surface area contributed by atoms with Gasteiger partial charge in [-0.25, -0.2) is 0 Å². The lowest BCUT2D eigenvalue weighted by molar-refractivity contribution is 0.0785. The highest BCUT2D eigenvalue weighted by Crippen LogP contribution is 2.32. The van der Waals surface area contributed by atoms with Crippen molar-refractivity contribution < 1.29 is 14.3 Å². The van der Waals surface area contributed by atoms with Crippen molar-refractivity contribution in [2.24, 2.45) is 0 Å². The van der Waals surface area contributed by atoms with Gasteiger partial charge in [-0.3, -0.25) is 14.6 Å². The number of carbonyl (C=O) groups is 2. The number of carbonyl (C=O) groups excluding carboxylic acids is 2. The first-order valence-corrected chi connectivity index (χ1v) is 14.0. The number of aromatic nitrogens is 2. The van der Waals surface area contributed by atoms with E-state index < -0.39 is 0 Å². The number of amides is 2. The fourth-order valence-corrected chi connectivity index (χ4v) is 5.48. The lowest BCUT2D eigenvalue weighted by atomic mass is 10.0. The second kappa shape index (κ2) is 11.7. The SMILES string of the molecule is COc1ccccc1-c1ccc(C(=O)N2Cc3ccc(C(=O)N(C)CCc4ccccn4)n3Cc3ccccc32)cc1. The minimum atomic E-state index is -0.0935. The zero-order valence-electron chi connectivity index (χ0n) is 23.7. The molecule has 2 aromatic heterocycles. The molecule has 0 bridgehead atoms. The maximum Gasteiger partial charge on any atom is 0.270 e. The molecule has 6 rings (SSSR count). The van der Waals surface area contributed by atoms with Gasteiger partial charge in [0, 0.05) is 54.4 Å². The van der Waals surface area contributed by atoms with Gasteiger partial charge in [-0.05, 0) is 59.7 Å². The van der Waals surface area contributed by atoms with E-state index in [1.807, 2.05) is 120 Å². The van der Waals surface area contributed by atoms with E-state index in [1.165, 1.54) is 0 Å². The Morgan fingerprint density at radius 3 is 2.40 bits per heavy atom. The quantitative estimate of drug-likeness (QED) is 0.244. The van der Waals surface area contributed by atoms with Gasteiger partial charge in [0.1, 0.15) is 11.4 Å². The smallest absolute Gasteiger partial charge is 0.270 e. The van der Waals surface area contributed by atoms with Crippen LogP contribution in [0.3, 0.4) is 0 Å². The van der Waals surface area contributed by atoms with Crippen molar-refractivity contribution in [2.45, 2.75) is 19.5 Å². The molecule has 1 aliphatic heterocycles. The Morgan fingerprint density at radius 2 is 1.62 bits per heavy atom.